The van der Waals surface area contributed by atoms with Gasteiger partial charge in [0.1, 0.15) is 19.0 Å². The van der Waals surface area contributed by atoms with E-state index in [-0.39, 0.29) is 25.5 Å². The molecule has 5 rings (SSSR count). The molecule has 0 N–H and O–H groups in total. The Balaban J connectivity index is 1.40. The normalized spacial score (nSPS) is 15.6. The smallest absolute Gasteiger partial charge is 0.417 e. The van der Waals surface area contributed by atoms with Gasteiger partial charge in [-0.1, -0.05) is 60.7 Å². The van der Waals surface area contributed by atoms with Crippen LogP contribution in [0, 0.1) is 5.82 Å². The Labute approximate surface area is 225 Å². The van der Waals surface area contributed by atoms with Crippen LogP contribution in [-0.2, 0) is 32.1 Å². The molecule has 0 aliphatic carbocycles. The monoisotopic (exact) mass is 526 g/mol. The molecule has 1 aliphatic heterocycles. The Bertz CT molecular complexity index is 1440. The molecule has 2 unspecified atom stereocenters. The summed E-state index contributed by atoms with van der Waals surface area (Å²) in [5.41, 5.74) is 2.99. The van der Waals surface area contributed by atoms with Crippen LogP contribution in [0.1, 0.15) is 29.0 Å². The summed E-state index contributed by atoms with van der Waals surface area (Å²) in [6.45, 7) is 0.140. The molecule has 8 heteroatoms. The second kappa shape index (κ2) is 11.8. The van der Waals surface area contributed by atoms with E-state index in [4.69, 9.17) is 9.47 Å². The summed E-state index contributed by atoms with van der Waals surface area (Å²) >= 11 is 0. The number of rotatable bonds is 9. The fourth-order valence-corrected chi connectivity index (χ4v) is 4.64. The van der Waals surface area contributed by atoms with E-state index in [0.29, 0.717) is 17.7 Å². The number of aromatic nitrogens is 1. The highest BCUT2D eigenvalue weighted by Gasteiger charge is 2.42. The van der Waals surface area contributed by atoms with Crippen LogP contribution < -0.4 is 0 Å². The van der Waals surface area contributed by atoms with Crippen LogP contribution in [0.15, 0.2) is 103 Å². The number of carbonyl (C=O) groups is 3. The van der Waals surface area contributed by atoms with Crippen LogP contribution in [-0.4, -0.2) is 40.1 Å². The maximum atomic E-state index is 13.9. The van der Waals surface area contributed by atoms with Gasteiger partial charge in [-0.25, -0.2) is 14.1 Å². The van der Waals surface area contributed by atoms with Crippen molar-refractivity contribution in [3.63, 3.8) is 0 Å². The van der Waals surface area contributed by atoms with Crippen molar-refractivity contribution >= 4 is 18.0 Å². The van der Waals surface area contributed by atoms with Crippen molar-refractivity contribution in [1.82, 2.24) is 9.47 Å². The van der Waals surface area contributed by atoms with Crippen molar-refractivity contribution in [3.8, 4) is 5.69 Å². The largest absolute Gasteiger partial charge is 0.461 e. The molecule has 2 heterocycles. The third-order valence-corrected chi connectivity index (χ3v) is 6.67. The highest BCUT2D eigenvalue weighted by molar-refractivity contribution is 5.98. The number of cyclic esters (lactones) is 1. The molecule has 1 saturated heterocycles. The number of carbonyl (C=O) groups excluding carboxylic acids is 3. The second-order valence-electron chi connectivity index (χ2n) is 9.36. The first-order valence-electron chi connectivity index (χ1n) is 12.6. The number of imide groups is 1. The van der Waals surface area contributed by atoms with E-state index >= 15 is 0 Å². The molecular formula is C31H27FN2O5. The third kappa shape index (κ3) is 6.23. The van der Waals surface area contributed by atoms with Crippen LogP contribution in [0.3, 0.4) is 0 Å². The van der Waals surface area contributed by atoms with Gasteiger partial charge in [0.25, 0.3) is 0 Å². The summed E-state index contributed by atoms with van der Waals surface area (Å²) in [6.07, 6.45) is 2.86. The van der Waals surface area contributed by atoms with E-state index in [2.05, 4.69) is 0 Å². The Hall–Kier alpha value is -4.72. The zero-order valence-electron chi connectivity index (χ0n) is 21.1. The lowest BCUT2D eigenvalue weighted by atomic mass is 9.95. The summed E-state index contributed by atoms with van der Waals surface area (Å²) in [4.78, 5) is 40.7. The van der Waals surface area contributed by atoms with Crippen LogP contribution in [0.5, 0.6) is 0 Å². The number of nitrogens with zero attached hydrogens (tertiary/aromatic N) is 2. The maximum Gasteiger partial charge on any atom is 0.417 e. The van der Waals surface area contributed by atoms with Crippen LogP contribution >= 0.6 is 0 Å². The first-order valence-corrected chi connectivity index (χ1v) is 12.6. The molecule has 1 aliphatic rings. The van der Waals surface area contributed by atoms with Gasteiger partial charge in [-0.2, -0.15) is 0 Å². The van der Waals surface area contributed by atoms with Crippen molar-refractivity contribution < 1.29 is 28.2 Å². The van der Waals surface area contributed by atoms with E-state index in [1.807, 2.05) is 60.7 Å². The van der Waals surface area contributed by atoms with E-state index < -0.39 is 29.9 Å². The molecule has 2 amide bonds. The Kier molecular flexibility index (Phi) is 7.82. The van der Waals surface area contributed by atoms with Crippen LogP contribution in [0.2, 0.25) is 0 Å². The fourth-order valence-electron chi connectivity index (χ4n) is 4.64. The molecule has 2 atom stereocenters. The number of ether oxygens (including phenoxy) is 2. The fraction of sp³-hybridized carbons (Fsp3) is 0.194. The Morgan fingerprint density at radius 3 is 2.28 bits per heavy atom. The minimum atomic E-state index is -0.987. The topological polar surface area (TPSA) is 77.8 Å². The molecule has 3 aromatic carbocycles. The lowest BCUT2D eigenvalue weighted by Crippen LogP contribution is -2.43. The molecule has 1 aromatic heterocycles. The van der Waals surface area contributed by atoms with Crippen molar-refractivity contribution in [2.24, 2.45) is 0 Å². The van der Waals surface area contributed by atoms with Gasteiger partial charge >= 0.3 is 12.1 Å². The van der Waals surface area contributed by atoms with Gasteiger partial charge in [0.2, 0.25) is 5.91 Å². The molecule has 0 spiro atoms. The van der Waals surface area contributed by atoms with E-state index in [9.17, 15) is 18.8 Å². The van der Waals surface area contributed by atoms with Gasteiger partial charge in [-0.15, -0.1) is 0 Å². The average molecular weight is 527 g/mol. The predicted molar refractivity (Wildman–Crippen MR) is 141 cm³/mol. The molecule has 7 nitrogen and oxygen atoms in total. The van der Waals surface area contributed by atoms with E-state index in [1.54, 1.807) is 35.2 Å². The Morgan fingerprint density at radius 2 is 1.59 bits per heavy atom. The molecule has 1 fully saturated rings. The highest BCUT2D eigenvalue weighted by atomic mass is 19.1. The lowest BCUT2D eigenvalue weighted by Gasteiger charge is -2.24. The lowest BCUT2D eigenvalue weighted by molar-refractivity contribution is -0.148. The first-order chi connectivity index (χ1) is 19.0. The number of amides is 2. The van der Waals surface area contributed by atoms with Crippen LogP contribution in [0.25, 0.3) is 5.69 Å². The standard InChI is InChI=1S/C31H27FN2O5/c32-25-11-13-26(14-12-25)33-16-15-24(19-33)28(18-29(35)38-20-23-9-5-2-6-10-23)30(36)34-27(21-39-31(34)37)17-22-7-3-1-4-8-22/h1-16,19,27-28H,17-18,20-21H2. The molecule has 0 radical (unpaired) electrons. The molecule has 198 valence electrons. The van der Waals surface area contributed by atoms with E-state index in [0.717, 1.165) is 16.0 Å². The Morgan fingerprint density at radius 1 is 0.923 bits per heavy atom. The van der Waals surface area contributed by atoms with Gasteiger partial charge in [-0.05, 0) is 53.4 Å². The van der Waals surface area contributed by atoms with Gasteiger partial charge in [-0.3, -0.25) is 9.59 Å². The maximum absolute atomic E-state index is 13.9. The quantitative estimate of drug-likeness (QED) is 0.272. The zero-order valence-corrected chi connectivity index (χ0v) is 21.1. The number of hydrogen-bond donors (Lipinski definition) is 0. The summed E-state index contributed by atoms with van der Waals surface area (Å²) < 4.78 is 25.9. The van der Waals surface area contributed by atoms with Crippen molar-refractivity contribution in [2.45, 2.75) is 31.4 Å². The van der Waals surface area contributed by atoms with Gasteiger partial charge in [0.05, 0.1) is 18.4 Å². The molecule has 39 heavy (non-hydrogen) atoms. The predicted octanol–water partition coefficient (Wildman–Crippen LogP) is 5.42. The second-order valence-corrected chi connectivity index (χ2v) is 9.36. The summed E-state index contributed by atoms with van der Waals surface area (Å²) in [7, 11) is 0. The molecule has 0 saturated carbocycles. The molecular weight excluding hydrogens is 499 g/mol. The summed E-state index contributed by atoms with van der Waals surface area (Å²) in [5, 5.41) is 0. The average Bonchev–Trinajstić information content (AvgIpc) is 3.59. The zero-order chi connectivity index (χ0) is 27.2. The summed E-state index contributed by atoms with van der Waals surface area (Å²) in [5.74, 6) is -2.46. The SMILES string of the molecule is O=C(CC(C(=O)N1C(=O)OCC1Cc1ccccc1)c1ccn(-c2ccc(F)cc2)c1)OCc1ccccc1. The first kappa shape index (κ1) is 25.9. The van der Waals surface area contributed by atoms with Crippen LogP contribution in [0.4, 0.5) is 9.18 Å². The summed E-state index contributed by atoms with van der Waals surface area (Å²) in [6, 6.07) is 25.9. The third-order valence-electron chi connectivity index (χ3n) is 6.67. The highest BCUT2D eigenvalue weighted by Crippen LogP contribution is 2.29. The van der Waals surface area contributed by atoms with Crippen molar-refractivity contribution in [2.75, 3.05) is 6.61 Å². The van der Waals surface area contributed by atoms with Gasteiger partial charge < -0.3 is 14.0 Å². The van der Waals surface area contributed by atoms with Crippen molar-refractivity contribution in [1.29, 1.82) is 0 Å². The van der Waals surface area contributed by atoms with Gasteiger partial charge in [0, 0.05) is 18.1 Å². The number of esters is 1. The van der Waals surface area contributed by atoms with E-state index in [1.165, 1.54) is 12.1 Å². The van der Waals surface area contributed by atoms with Gasteiger partial charge in [0.15, 0.2) is 0 Å². The molecule has 0 bridgehead atoms. The van der Waals surface area contributed by atoms with Crippen molar-refractivity contribution in [3.05, 3.63) is 126 Å². The number of hydrogen-bond acceptors (Lipinski definition) is 5. The molecule has 4 aromatic rings. The minimum Gasteiger partial charge on any atom is -0.461 e. The number of benzene rings is 3. The minimum absolute atomic E-state index is 0.0690. The number of halogens is 1.